The van der Waals surface area contributed by atoms with Crippen molar-refractivity contribution in [2.45, 2.75) is 20.0 Å². The molecule has 5 nitrogen and oxygen atoms in total. The molecule has 0 fully saturated rings. The third-order valence-electron chi connectivity index (χ3n) is 2.62. The third kappa shape index (κ3) is 2.68. The standard InChI is InChI=1S/C13H16N4O/c1-2-17-9-11(14)12(16-17)13(18)15-8-10-6-4-3-5-7-10/h3-7,9H,2,8,14H2,1H3,(H,15,18). The smallest absolute Gasteiger partial charge is 0.274 e. The summed E-state index contributed by atoms with van der Waals surface area (Å²) in [5, 5.41) is 6.92. The molecule has 1 aromatic carbocycles. The zero-order chi connectivity index (χ0) is 13.0. The minimum atomic E-state index is -0.247. The summed E-state index contributed by atoms with van der Waals surface area (Å²) >= 11 is 0. The minimum Gasteiger partial charge on any atom is -0.396 e. The van der Waals surface area contributed by atoms with Crippen LogP contribution in [0.15, 0.2) is 36.5 Å². The lowest BCUT2D eigenvalue weighted by Crippen LogP contribution is -2.24. The first-order chi connectivity index (χ1) is 8.70. The van der Waals surface area contributed by atoms with Crippen LogP contribution in [0.2, 0.25) is 0 Å². The number of nitrogens with two attached hydrogens (primary N) is 1. The molecule has 0 unspecified atom stereocenters. The van der Waals surface area contributed by atoms with E-state index < -0.39 is 0 Å². The number of hydrogen-bond donors (Lipinski definition) is 2. The Morgan fingerprint density at radius 2 is 2.11 bits per heavy atom. The van der Waals surface area contributed by atoms with E-state index in [1.54, 1.807) is 10.9 Å². The van der Waals surface area contributed by atoms with E-state index in [0.29, 0.717) is 18.8 Å². The lowest BCUT2D eigenvalue weighted by molar-refractivity contribution is 0.0946. The molecule has 0 saturated carbocycles. The Kier molecular flexibility index (Phi) is 3.62. The summed E-state index contributed by atoms with van der Waals surface area (Å²) in [6.07, 6.45) is 1.66. The third-order valence-corrected chi connectivity index (χ3v) is 2.62. The molecule has 94 valence electrons. The molecule has 18 heavy (non-hydrogen) atoms. The zero-order valence-corrected chi connectivity index (χ0v) is 10.3. The van der Waals surface area contributed by atoms with E-state index >= 15 is 0 Å². The SMILES string of the molecule is CCn1cc(N)c(C(=O)NCc2ccccc2)n1. The Morgan fingerprint density at radius 1 is 1.39 bits per heavy atom. The molecule has 1 amide bonds. The van der Waals surface area contributed by atoms with Gasteiger partial charge in [-0.15, -0.1) is 0 Å². The second kappa shape index (κ2) is 5.35. The summed E-state index contributed by atoms with van der Waals surface area (Å²) in [4.78, 5) is 11.9. The number of aryl methyl sites for hydroxylation is 1. The van der Waals surface area contributed by atoms with E-state index in [9.17, 15) is 4.79 Å². The number of aromatic nitrogens is 2. The second-order valence-electron chi connectivity index (χ2n) is 3.96. The van der Waals surface area contributed by atoms with Crippen molar-refractivity contribution in [2.24, 2.45) is 0 Å². The van der Waals surface area contributed by atoms with Gasteiger partial charge in [-0.05, 0) is 12.5 Å². The van der Waals surface area contributed by atoms with Gasteiger partial charge in [-0.1, -0.05) is 30.3 Å². The van der Waals surface area contributed by atoms with Gasteiger partial charge in [0, 0.05) is 19.3 Å². The topological polar surface area (TPSA) is 72.9 Å². The number of anilines is 1. The summed E-state index contributed by atoms with van der Waals surface area (Å²) in [7, 11) is 0. The van der Waals surface area contributed by atoms with Gasteiger partial charge in [0.05, 0.1) is 5.69 Å². The van der Waals surface area contributed by atoms with Gasteiger partial charge in [-0.25, -0.2) is 0 Å². The van der Waals surface area contributed by atoms with Crippen molar-refractivity contribution < 1.29 is 4.79 Å². The van der Waals surface area contributed by atoms with E-state index in [-0.39, 0.29) is 11.6 Å². The van der Waals surface area contributed by atoms with Crippen molar-refractivity contribution in [2.75, 3.05) is 5.73 Å². The first kappa shape index (κ1) is 12.2. The molecular weight excluding hydrogens is 228 g/mol. The maximum Gasteiger partial charge on any atom is 0.274 e. The van der Waals surface area contributed by atoms with Crippen molar-refractivity contribution in [1.82, 2.24) is 15.1 Å². The molecule has 0 atom stereocenters. The number of rotatable bonds is 4. The predicted molar refractivity (Wildman–Crippen MR) is 69.9 cm³/mol. The van der Waals surface area contributed by atoms with Crippen LogP contribution in [0, 0.1) is 0 Å². The van der Waals surface area contributed by atoms with Crippen molar-refractivity contribution in [1.29, 1.82) is 0 Å². The fourth-order valence-corrected chi connectivity index (χ4v) is 1.64. The molecule has 1 aromatic heterocycles. The normalized spacial score (nSPS) is 10.3. The fourth-order valence-electron chi connectivity index (χ4n) is 1.64. The molecule has 0 aliphatic rings. The Labute approximate surface area is 106 Å². The molecule has 5 heteroatoms. The van der Waals surface area contributed by atoms with Crippen LogP contribution in [-0.2, 0) is 13.1 Å². The molecule has 0 saturated heterocycles. The van der Waals surface area contributed by atoms with Crippen molar-refractivity contribution >= 4 is 11.6 Å². The quantitative estimate of drug-likeness (QED) is 0.854. The van der Waals surface area contributed by atoms with Gasteiger partial charge in [-0.2, -0.15) is 5.10 Å². The summed E-state index contributed by atoms with van der Waals surface area (Å²) in [5.41, 5.74) is 7.47. The lowest BCUT2D eigenvalue weighted by atomic mass is 10.2. The van der Waals surface area contributed by atoms with Crippen LogP contribution in [0.25, 0.3) is 0 Å². The first-order valence-electron chi connectivity index (χ1n) is 5.85. The summed E-state index contributed by atoms with van der Waals surface area (Å²) in [6.45, 7) is 3.10. The van der Waals surface area contributed by atoms with Crippen LogP contribution < -0.4 is 11.1 Å². The predicted octanol–water partition coefficient (Wildman–Crippen LogP) is 1.42. The van der Waals surface area contributed by atoms with Crippen LogP contribution >= 0.6 is 0 Å². The minimum absolute atomic E-state index is 0.247. The molecule has 3 N–H and O–H groups in total. The molecule has 0 spiro atoms. The van der Waals surface area contributed by atoms with Gasteiger partial charge in [0.1, 0.15) is 0 Å². The fraction of sp³-hybridized carbons (Fsp3) is 0.231. The summed E-state index contributed by atoms with van der Waals surface area (Å²) < 4.78 is 1.65. The van der Waals surface area contributed by atoms with Gasteiger partial charge < -0.3 is 11.1 Å². The highest BCUT2D eigenvalue weighted by molar-refractivity contribution is 5.96. The van der Waals surface area contributed by atoms with Crippen LogP contribution in [-0.4, -0.2) is 15.7 Å². The first-order valence-corrected chi connectivity index (χ1v) is 5.85. The Bertz CT molecular complexity index is 533. The van der Waals surface area contributed by atoms with Crippen molar-refractivity contribution in [3.8, 4) is 0 Å². The largest absolute Gasteiger partial charge is 0.396 e. The molecule has 0 aliphatic carbocycles. The maximum absolute atomic E-state index is 11.9. The molecule has 2 rings (SSSR count). The number of hydrogen-bond acceptors (Lipinski definition) is 3. The van der Waals surface area contributed by atoms with E-state index in [4.69, 9.17) is 5.73 Å². The Morgan fingerprint density at radius 3 is 2.72 bits per heavy atom. The van der Waals surface area contributed by atoms with Crippen molar-refractivity contribution in [3.63, 3.8) is 0 Å². The van der Waals surface area contributed by atoms with E-state index in [1.807, 2.05) is 37.3 Å². The summed E-state index contributed by atoms with van der Waals surface area (Å²) in [5.74, 6) is -0.247. The molecule has 0 radical (unpaired) electrons. The Balaban J connectivity index is 2.01. The van der Waals surface area contributed by atoms with Gasteiger partial charge in [0.25, 0.3) is 5.91 Å². The summed E-state index contributed by atoms with van der Waals surface area (Å²) in [6, 6.07) is 9.71. The Hall–Kier alpha value is -2.30. The van der Waals surface area contributed by atoms with Gasteiger partial charge in [-0.3, -0.25) is 9.48 Å². The van der Waals surface area contributed by atoms with Crippen LogP contribution in [0.4, 0.5) is 5.69 Å². The van der Waals surface area contributed by atoms with E-state index in [0.717, 1.165) is 5.56 Å². The molecule has 2 aromatic rings. The monoisotopic (exact) mass is 244 g/mol. The van der Waals surface area contributed by atoms with Gasteiger partial charge in [0.15, 0.2) is 5.69 Å². The number of amides is 1. The van der Waals surface area contributed by atoms with Gasteiger partial charge in [0.2, 0.25) is 0 Å². The van der Waals surface area contributed by atoms with E-state index in [2.05, 4.69) is 10.4 Å². The zero-order valence-electron chi connectivity index (χ0n) is 10.3. The number of carbonyl (C=O) groups excluding carboxylic acids is 1. The molecule has 0 aliphatic heterocycles. The average molecular weight is 244 g/mol. The number of carbonyl (C=O) groups is 1. The molecule has 0 bridgehead atoms. The van der Waals surface area contributed by atoms with Crippen LogP contribution in [0.5, 0.6) is 0 Å². The van der Waals surface area contributed by atoms with Crippen molar-refractivity contribution in [3.05, 3.63) is 47.8 Å². The highest BCUT2D eigenvalue weighted by Crippen LogP contribution is 2.09. The second-order valence-corrected chi connectivity index (χ2v) is 3.96. The number of nitrogens with zero attached hydrogens (tertiary/aromatic N) is 2. The highest BCUT2D eigenvalue weighted by atomic mass is 16.1. The van der Waals surface area contributed by atoms with E-state index in [1.165, 1.54) is 0 Å². The van der Waals surface area contributed by atoms with Gasteiger partial charge >= 0.3 is 0 Å². The maximum atomic E-state index is 11.9. The number of nitrogen functional groups attached to an aromatic ring is 1. The number of nitrogens with one attached hydrogen (secondary N) is 1. The van der Waals surface area contributed by atoms with Crippen LogP contribution in [0.1, 0.15) is 23.0 Å². The molecular formula is C13H16N4O. The van der Waals surface area contributed by atoms with Crippen LogP contribution in [0.3, 0.4) is 0 Å². The highest BCUT2D eigenvalue weighted by Gasteiger charge is 2.13. The lowest BCUT2D eigenvalue weighted by Gasteiger charge is -2.03. The number of benzene rings is 1. The average Bonchev–Trinajstić information content (AvgIpc) is 2.78. The molecule has 1 heterocycles.